The Morgan fingerprint density at radius 2 is 2.10 bits per heavy atom. The number of ether oxygens (including phenoxy) is 1. The molecule has 0 unspecified atom stereocenters. The fourth-order valence-electron chi connectivity index (χ4n) is 2.82. The number of rotatable bonds is 0. The molecule has 0 fully saturated rings. The maximum absolute atomic E-state index is 5.93. The summed E-state index contributed by atoms with van der Waals surface area (Å²) < 4.78 is 5.93. The third kappa shape index (κ3) is 1.77. The molecule has 1 aliphatic rings. The first kappa shape index (κ1) is 13.5. The van der Waals surface area contributed by atoms with Crippen LogP contribution in [-0.2, 0) is 25.5 Å². The van der Waals surface area contributed by atoms with Crippen molar-refractivity contribution in [2.75, 3.05) is 6.61 Å². The number of benzene rings is 2. The predicted octanol–water partition coefficient (Wildman–Crippen LogP) is 3.86. The van der Waals surface area contributed by atoms with Crippen LogP contribution in [0.2, 0.25) is 0 Å². The van der Waals surface area contributed by atoms with Gasteiger partial charge in [-0.3, -0.25) is 0 Å². The molecule has 1 aromatic heterocycles. The van der Waals surface area contributed by atoms with E-state index >= 15 is 0 Å². The van der Waals surface area contributed by atoms with E-state index in [4.69, 9.17) is 4.74 Å². The second kappa shape index (κ2) is 4.54. The maximum Gasteiger partial charge on any atom is 0.0871 e. The van der Waals surface area contributed by atoms with Gasteiger partial charge in [0.1, 0.15) is 0 Å². The largest absolute Gasteiger partial charge is 0.512 e. The van der Waals surface area contributed by atoms with E-state index in [1.807, 2.05) is 12.3 Å². The number of pyridine rings is 1. The van der Waals surface area contributed by atoms with Gasteiger partial charge in [0.25, 0.3) is 0 Å². The maximum atomic E-state index is 5.93. The fourth-order valence-corrected chi connectivity index (χ4v) is 2.82. The van der Waals surface area contributed by atoms with Crippen molar-refractivity contribution in [3.8, 4) is 5.75 Å². The fraction of sp³-hybridized carbons (Fsp3) is 0.235. The second-order valence-corrected chi connectivity index (χ2v) is 5.77. The van der Waals surface area contributed by atoms with Crippen molar-refractivity contribution >= 4 is 21.7 Å². The summed E-state index contributed by atoms with van der Waals surface area (Å²) in [7, 11) is 0. The van der Waals surface area contributed by atoms with Gasteiger partial charge in [-0.05, 0) is 22.4 Å². The van der Waals surface area contributed by atoms with Crippen LogP contribution in [0.1, 0.15) is 19.4 Å². The van der Waals surface area contributed by atoms with Crippen molar-refractivity contribution in [3.05, 3.63) is 48.2 Å². The number of hydrogen-bond acceptors (Lipinski definition) is 2. The van der Waals surface area contributed by atoms with Gasteiger partial charge in [-0.1, -0.05) is 43.0 Å². The molecule has 2 heterocycles. The number of hydrogen-bond donors (Lipinski definition) is 0. The Bertz CT molecular complexity index is 811. The van der Waals surface area contributed by atoms with Crippen molar-refractivity contribution in [2.24, 2.45) is 0 Å². The smallest absolute Gasteiger partial charge is 0.0871 e. The van der Waals surface area contributed by atoms with Gasteiger partial charge in [0.15, 0.2) is 0 Å². The summed E-state index contributed by atoms with van der Waals surface area (Å²) in [5.41, 5.74) is 2.31. The molecule has 4 rings (SSSR count). The van der Waals surface area contributed by atoms with Gasteiger partial charge in [0, 0.05) is 32.1 Å². The van der Waals surface area contributed by atoms with Crippen molar-refractivity contribution < 1.29 is 24.8 Å². The van der Waals surface area contributed by atoms with E-state index in [1.165, 1.54) is 5.56 Å². The van der Waals surface area contributed by atoms with Crippen LogP contribution in [0.3, 0.4) is 0 Å². The second-order valence-electron chi connectivity index (χ2n) is 5.77. The van der Waals surface area contributed by atoms with E-state index in [0.29, 0.717) is 0 Å². The minimum absolute atomic E-state index is 0. The molecule has 2 nitrogen and oxygen atoms in total. The number of fused-ring (bicyclic) bond motifs is 5. The molecular formula is C17H14IrNO-. The average Bonchev–Trinajstić information content (AvgIpc) is 2.74. The average molecular weight is 441 g/mol. The molecule has 0 saturated heterocycles. The first-order chi connectivity index (χ1) is 9.17. The summed E-state index contributed by atoms with van der Waals surface area (Å²) in [6.07, 6.45) is 1.83. The van der Waals surface area contributed by atoms with Gasteiger partial charge >= 0.3 is 0 Å². The molecule has 20 heavy (non-hydrogen) atoms. The van der Waals surface area contributed by atoms with Crippen LogP contribution in [0, 0.1) is 6.07 Å². The molecular weight excluding hydrogens is 426 g/mol. The predicted molar refractivity (Wildman–Crippen MR) is 76.6 cm³/mol. The van der Waals surface area contributed by atoms with Crippen LogP contribution < -0.4 is 4.74 Å². The third-order valence-electron chi connectivity index (χ3n) is 3.93. The van der Waals surface area contributed by atoms with Crippen LogP contribution in [0.25, 0.3) is 21.7 Å². The van der Waals surface area contributed by atoms with Gasteiger partial charge in [-0.2, -0.15) is 0 Å². The van der Waals surface area contributed by atoms with Crippen molar-refractivity contribution in [2.45, 2.75) is 19.3 Å². The zero-order valence-electron chi connectivity index (χ0n) is 11.4. The quantitative estimate of drug-likeness (QED) is 0.391. The van der Waals surface area contributed by atoms with E-state index < -0.39 is 0 Å². The molecule has 0 N–H and O–H groups in total. The molecule has 103 valence electrons. The summed E-state index contributed by atoms with van der Waals surface area (Å²) in [5.74, 6) is 1.01. The Morgan fingerprint density at radius 1 is 1.25 bits per heavy atom. The SMILES string of the molecule is CC1(C)COc2c1c[c-]c1c2ccc2cccnc21.[Ir]. The van der Waals surface area contributed by atoms with Gasteiger partial charge in [-0.15, -0.1) is 17.5 Å². The Morgan fingerprint density at radius 3 is 2.95 bits per heavy atom. The number of nitrogens with zero attached hydrogens (tertiary/aromatic N) is 1. The molecule has 2 aromatic carbocycles. The zero-order valence-corrected chi connectivity index (χ0v) is 13.8. The normalized spacial score (nSPS) is 15.7. The molecule has 0 amide bonds. The Kier molecular flexibility index (Phi) is 3.07. The van der Waals surface area contributed by atoms with Gasteiger partial charge in [0.2, 0.25) is 0 Å². The Hall–Kier alpha value is -1.44. The van der Waals surface area contributed by atoms with E-state index in [1.54, 1.807) is 0 Å². The van der Waals surface area contributed by atoms with Crippen LogP contribution in [0.4, 0.5) is 0 Å². The molecule has 1 radical (unpaired) electrons. The number of aromatic nitrogens is 1. The third-order valence-corrected chi connectivity index (χ3v) is 3.93. The van der Waals surface area contributed by atoms with Gasteiger partial charge in [-0.25, -0.2) is 0 Å². The molecule has 0 atom stereocenters. The van der Waals surface area contributed by atoms with Crippen LogP contribution in [0.15, 0.2) is 36.5 Å². The molecule has 0 bridgehead atoms. The summed E-state index contributed by atoms with van der Waals surface area (Å²) >= 11 is 0. The minimum Gasteiger partial charge on any atom is -0.512 e. The van der Waals surface area contributed by atoms with Crippen molar-refractivity contribution in [3.63, 3.8) is 0 Å². The summed E-state index contributed by atoms with van der Waals surface area (Å²) in [6, 6.07) is 13.7. The Balaban J connectivity index is 0.00000121. The van der Waals surface area contributed by atoms with E-state index in [9.17, 15) is 0 Å². The Labute approximate surface area is 131 Å². The molecule has 3 aromatic rings. The van der Waals surface area contributed by atoms with E-state index in [0.717, 1.165) is 34.0 Å². The summed E-state index contributed by atoms with van der Waals surface area (Å²) in [4.78, 5) is 4.48. The van der Waals surface area contributed by atoms with E-state index in [2.05, 4.69) is 49.2 Å². The van der Waals surface area contributed by atoms with Crippen molar-refractivity contribution in [1.82, 2.24) is 4.98 Å². The topological polar surface area (TPSA) is 22.1 Å². The molecule has 3 heteroatoms. The standard InChI is InChI=1S/C17H14NO.Ir/c1-17(2)10-19-16-13-6-5-11-4-3-9-18-15(11)12(13)7-8-14(16)17;/h3-6,8-9H,10H2,1-2H3;/q-1;. The zero-order chi connectivity index (χ0) is 13.0. The van der Waals surface area contributed by atoms with Gasteiger partial charge in [0.05, 0.1) is 6.61 Å². The monoisotopic (exact) mass is 441 g/mol. The van der Waals surface area contributed by atoms with Crippen LogP contribution >= 0.6 is 0 Å². The molecule has 0 saturated carbocycles. The molecule has 0 spiro atoms. The first-order valence-corrected chi connectivity index (χ1v) is 6.52. The molecule has 0 aliphatic carbocycles. The van der Waals surface area contributed by atoms with Crippen LogP contribution in [0.5, 0.6) is 5.75 Å². The van der Waals surface area contributed by atoms with Gasteiger partial charge < -0.3 is 9.72 Å². The van der Waals surface area contributed by atoms with Crippen LogP contribution in [-0.4, -0.2) is 11.6 Å². The minimum atomic E-state index is 0. The first-order valence-electron chi connectivity index (χ1n) is 6.52. The summed E-state index contributed by atoms with van der Waals surface area (Å²) in [6.45, 7) is 5.14. The molecule has 1 aliphatic heterocycles. The summed E-state index contributed by atoms with van der Waals surface area (Å²) in [5, 5.41) is 3.31. The van der Waals surface area contributed by atoms with E-state index in [-0.39, 0.29) is 25.5 Å². The van der Waals surface area contributed by atoms with Crippen molar-refractivity contribution in [1.29, 1.82) is 0 Å².